The van der Waals surface area contributed by atoms with Gasteiger partial charge in [-0.25, -0.2) is 9.97 Å². The van der Waals surface area contributed by atoms with E-state index >= 15 is 0 Å². The molecule has 2 aliphatic rings. The fourth-order valence-electron chi connectivity index (χ4n) is 4.02. The van der Waals surface area contributed by atoms with E-state index in [9.17, 15) is 5.11 Å². The maximum Gasteiger partial charge on any atom is 0.224 e. The van der Waals surface area contributed by atoms with Gasteiger partial charge in [0.15, 0.2) is 0 Å². The normalized spacial score (nSPS) is 21.6. The minimum absolute atomic E-state index is 0.257. The van der Waals surface area contributed by atoms with Gasteiger partial charge in [0.05, 0.1) is 22.2 Å². The van der Waals surface area contributed by atoms with Gasteiger partial charge in [-0.1, -0.05) is 0 Å². The first-order valence-electron chi connectivity index (χ1n) is 10.4. The minimum Gasteiger partial charge on any atom is -0.396 e. The summed E-state index contributed by atoms with van der Waals surface area (Å²) in [5, 5.41) is 17.5. The Kier molecular flexibility index (Phi) is 5.05. The predicted octanol–water partition coefficient (Wildman–Crippen LogP) is 3.85. The monoisotopic (exact) mass is 410 g/mol. The third-order valence-corrected chi connectivity index (χ3v) is 6.93. The van der Waals surface area contributed by atoms with Crippen LogP contribution >= 0.6 is 11.3 Å². The summed E-state index contributed by atoms with van der Waals surface area (Å²) >= 11 is 1.64. The van der Waals surface area contributed by atoms with Crippen LogP contribution in [-0.4, -0.2) is 44.2 Å². The summed E-state index contributed by atoms with van der Waals surface area (Å²) in [6.07, 6.45) is 9.24. The molecule has 0 saturated heterocycles. The van der Waals surface area contributed by atoms with Crippen LogP contribution in [-0.2, 0) is 0 Å². The molecular weight excluding hydrogens is 384 g/mol. The number of rotatable bonds is 7. The number of fused-ring (bicyclic) bond motifs is 1. The molecule has 0 radical (unpaired) electrons. The predicted molar refractivity (Wildman–Crippen MR) is 116 cm³/mol. The molecule has 3 N–H and O–H groups in total. The molecule has 2 fully saturated rings. The topological polar surface area (TPSA) is 95.9 Å². The summed E-state index contributed by atoms with van der Waals surface area (Å²) in [4.78, 5) is 18.6. The first-order valence-corrected chi connectivity index (χ1v) is 11.2. The summed E-state index contributed by atoms with van der Waals surface area (Å²) in [6, 6.07) is 2.31. The van der Waals surface area contributed by atoms with Gasteiger partial charge in [0.1, 0.15) is 16.3 Å². The highest BCUT2D eigenvalue weighted by Crippen LogP contribution is 2.38. The zero-order chi connectivity index (χ0) is 19.8. The lowest BCUT2D eigenvalue weighted by Crippen LogP contribution is -2.19. The van der Waals surface area contributed by atoms with Gasteiger partial charge in [0, 0.05) is 25.4 Å². The largest absolute Gasteiger partial charge is 0.396 e. The van der Waals surface area contributed by atoms with E-state index in [4.69, 9.17) is 15.0 Å². The van der Waals surface area contributed by atoms with Crippen LogP contribution < -0.4 is 10.6 Å². The van der Waals surface area contributed by atoms with Crippen LogP contribution in [0.25, 0.3) is 20.8 Å². The second-order valence-electron chi connectivity index (χ2n) is 8.25. The lowest BCUT2D eigenvalue weighted by atomic mass is 10.1. The first kappa shape index (κ1) is 18.7. The Hall–Kier alpha value is -2.32. The third-order valence-electron chi connectivity index (χ3n) is 5.88. The minimum atomic E-state index is 0.257. The number of pyridine rings is 1. The number of aliphatic hydroxyl groups is 1. The molecule has 8 heteroatoms. The number of thiazole rings is 1. The van der Waals surface area contributed by atoms with Gasteiger partial charge < -0.3 is 15.7 Å². The van der Waals surface area contributed by atoms with Crippen LogP contribution in [0.3, 0.4) is 0 Å². The average molecular weight is 411 g/mol. The van der Waals surface area contributed by atoms with Crippen LogP contribution in [0.2, 0.25) is 0 Å². The Morgan fingerprint density at radius 3 is 2.76 bits per heavy atom. The smallest absolute Gasteiger partial charge is 0.224 e. The first-order chi connectivity index (χ1) is 14.2. The van der Waals surface area contributed by atoms with Gasteiger partial charge in [0.25, 0.3) is 0 Å². The Balaban J connectivity index is 1.50. The molecule has 0 amide bonds. The molecule has 0 unspecified atom stereocenters. The molecule has 0 bridgehead atoms. The molecule has 3 heterocycles. The number of nitrogens with one attached hydrogen (secondary N) is 2. The van der Waals surface area contributed by atoms with Crippen molar-refractivity contribution in [2.45, 2.75) is 45.1 Å². The van der Waals surface area contributed by atoms with Crippen molar-refractivity contribution in [2.75, 3.05) is 23.8 Å². The van der Waals surface area contributed by atoms with Gasteiger partial charge in [-0.05, 0) is 56.9 Å². The molecule has 2 aliphatic carbocycles. The molecule has 0 aromatic carbocycles. The standard InChI is InChI=1S/C21H26N6OS/c1-12-18(20-26-16-10-22-7-6-17(16)29-20)19(25-15-5-4-14(8-15)11-28)27-21(24-12)23-9-13-2-3-13/h6-7,10,13-15,28H,2-5,8-9,11H2,1H3,(H2,23,24,25,27)/t14-,15+/m1/s1. The van der Waals surface area contributed by atoms with Crippen LogP contribution in [0.5, 0.6) is 0 Å². The molecule has 2 saturated carbocycles. The van der Waals surface area contributed by atoms with Crippen molar-refractivity contribution in [1.29, 1.82) is 0 Å². The molecule has 3 aromatic rings. The number of anilines is 2. The van der Waals surface area contributed by atoms with Crippen molar-refractivity contribution < 1.29 is 5.11 Å². The molecular formula is C21H26N6OS. The molecule has 5 rings (SSSR count). The summed E-state index contributed by atoms with van der Waals surface area (Å²) in [6.45, 7) is 3.22. The van der Waals surface area contributed by atoms with Crippen LogP contribution in [0.15, 0.2) is 18.5 Å². The lowest BCUT2D eigenvalue weighted by Gasteiger charge is -2.18. The summed E-state index contributed by atoms with van der Waals surface area (Å²) in [5.74, 6) is 2.65. The molecule has 2 atom stereocenters. The summed E-state index contributed by atoms with van der Waals surface area (Å²) < 4.78 is 1.11. The van der Waals surface area contributed by atoms with Crippen molar-refractivity contribution in [3.63, 3.8) is 0 Å². The fraction of sp³-hybridized carbons (Fsp3) is 0.524. The van der Waals surface area contributed by atoms with E-state index in [-0.39, 0.29) is 6.61 Å². The van der Waals surface area contributed by atoms with Gasteiger partial charge in [-0.3, -0.25) is 4.98 Å². The van der Waals surface area contributed by atoms with E-state index in [1.54, 1.807) is 23.7 Å². The Bertz CT molecular complexity index is 985. The third kappa shape index (κ3) is 4.04. The van der Waals surface area contributed by atoms with Crippen molar-refractivity contribution in [1.82, 2.24) is 19.9 Å². The zero-order valence-electron chi connectivity index (χ0n) is 16.6. The number of hydrogen-bond donors (Lipinski definition) is 3. The molecule has 29 heavy (non-hydrogen) atoms. The van der Waals surface area contributed by atoms with Gasteiger partial charge >= 0.3 is 0 Å². The lowest BCUT2D eigenvalue weighted by molar-refractivity contribution is 0.229. The van der Waals surface area contributed by atoms with Crippen LogP contribution in [0, 0.1) is 18.8 Å². The average Bonchev–Trinajstić information content (AvgIpc) is 3.27. The number of aryl methyl sites for hydroxylation is 1. The highest BCUT2D eigenvalue weighted by atomic mass is 32.1. The second kappa shape index (κ2) is 7.84. The number of aromatic nitrogens is 4. The van der Waals surface area contributed by atoms with Gasteiger partial charge in [0.2, 0.25) is 5.95 Å². The SMILES string of the molecule is Cc1nc(NCC2CC2)nc(N[C@H]2CC[C@@H](CO)C2)c1-c1nc2cnccc2s1. The van der Waals surface area contributed by atoms with E-state index in [1.165, 1.54) is 12.8 Å². The quantitative estimate of drug-likeness (QED) is 0.544. The zero-order valence-corrected chi connectivity index (χ0v) is 17.4. The summed E-state index contributed by atoms with van der Waals surface area (Å²) in [7, 11) is 0. The van der Waals surface area contributed by atoms with Crippen molar-refractivity contribution in [3.05, 3.63) is 24.2 Å². The number of aliphatic hydroxyl groups excluding tert-OH is 1. The second-order valence-corrected chi connectivity index (χ2v) is 9.28. The molecule has 0 spiro atoms. The van der Waals surface area contributed by atoms with Crippen molar-refractivity contribution in [3.8, 4) is 10.6 Å². The van der Waals surface area contributed by atoms with E-state index < -0.39 is 0 Å². The van der Waals surface area contributed by atoms with Crippen LogP contribution in [0.1, 0.15) is 37.8 Å². The van der Waals surface area contributed by atoms with E-state index in [0.29, 0.717) is 17.9 Å². The van der Waals surface area contributed by atoms with E-state index in [0.717, 1.165) is 64.0 Å². The van der Waals surface area contributed by atoms with Crippen molar-refractivity contribution in [2.24, 2.45) is 11.8 Å². The highest BCUT2D eigenvalue weighted by Gasteiger charge is 2.27. The van der Waals surface area contributed by atoms with Crippen molar-refractivity contribution >= 4 is 33.3 Å². The van der Waals surface area contributed by atoms with E-state index in [1.807, 2.05) is 13.0 Å². The Morgan fingerprint density at radius 1 is 1.14 bits per heavy atom. The molecule has 7 nitrogen and oxygen atoms in total. The Morgan fingerprint density at radius 2 is 2.00 bits per heavy atom. The summed E-state index contributed by atoms with van der Waals surface area (Å²) in [5.41, 5.74) is 2.79. The molecule has 0 aliphatic heterocycles. The maximum atomic E-state index is 9.50. The Labute approximate surface area is 174 Å². The van der Waals surface area contributed by atoms with E-state index in [2.05, 4.69) is 15.6 Å². The number of nitrogens with zero attached hydrogens (tertiary/aromatic N) is 4. The molecule has 152 valence electrons. The fourth-order valence-corrected chi connectivity index (χ4v) is 5.05. The van der Waals surface area contributed by atoms with Crippen LogP contribution in [0.4, 0.5) is 11.8 Å². The van der Waals surface area contributed by atoms with Gasteiger partial charge in [-0.15, -0.1) is 11.3 Å². The number of hydrogen-bond acceptors (Lipinski definition) is 8. The maximum absolute atomic E-state index is 9.50. The molecule has 3 aromatic heterocycles. The van der Waals surface area contributed by atoms with Gasteiger partial charge in [-0.2, -0.15) is 4.98 Å². The highest BCUT2D eigenvalue weighted by molar-refractivity contribution is 7.21.